The third kappa shape index (κ3) is 4.25. The van der Waals surface area contributed by atoms with Crippen LogP contribution < -0.4 is 5.32 Å². The Balaban J connectivity index is 2.46. The highest BCUT2D eigenvalue weighted by Crippen LogP contribution is 2.42. The molecule has 106 valence electrons. The van der Waals surface area contributed by atoms with Gasteiger partial charge in [-0.2, -0.15) is 0 Å². The number of hydrogen-bond acceptors (Lipinski definition) is 3. The molecular formula is C14H27NO3. The van der Waals surface area contributed by atoms with Crippen molar-refractivity contribution in [2.45, 2.75) is 58.5 Å². The summed E-state index contributed by atoms with van der Waals surface area (Å²) in [6.07, 6.45) is 6.14. The summed E-state index contributed by atoms with van der Waals surface area (Å²) in [5.74, 6) is -0.510. The Morgan fingerprint density at radius 1 is 1.39 bits per heavy atom. The van der Waals surface area contributed by atoms with E-state index in [1.807, 2.05) is 0 Å². The van der Waals surface area contributed by atoms with E-state index < -0.39 is 11.6 Å². The molecule has 18 heavy (non-hydrogen) atoms. The van der Waals surface area contributed by atoms with Gasteiger partial charge in [0, 0.05) is 13.1 Å². The molecule has 0 aromatic carbocycles. The normalized spacial score (nSPS) is 22.1. The molecule has 4 nitrogen and oxygen atoms in total. The van der Waals surface area contributed by atoms with E-state index >= 15 is 0 Å². The second-order valence-electron chi connectivity index (χ2n) is 6.49. The number of aliphatic carboxylic acids is 1. The van der Waals surface area contributed by atoms with Gasteiger partial charge in [0.05, 0.1) is 0 Å². The van der Waals surface area contributed by atoms with Crippen LogP contribution in [0.5, 0.6) is 0 Å². The fraction of sp³-hybridized carbons (Fsp3) is 0.929. The molecule has 0 aromatic rings. The molecule has 0 radical (unpaired) electrons. The van der Waals surface area contributed by atoms with Crippen molar-refractivity contribution in [3.05, 3.63) is 0 Å². The van der Waals surface area contributed by atoms with E-state index in [2.05, 4.69) is 19.2 Å². The van der Waals surface area contributed by atoms with E-state index in [0.29, 0.717) is 11.3 Å². The number of rotatable bonds is 7. The lowest BCUT2D eigenvalue weighted by atomic mass is 9.78. The van der Waals surface area contributed by atoms with E-state index in [-0.39, 0.29) is 6.54 Å². The van der Waals surface area contributed by atoms with Crippen LogP contribution in [0.4, 0.5) is 0 Å². The predicted molar refractivity (Wildman–Crippen MR) is 71.5 cm³/mol. The first-order valence-corrected chi connectivity index (χ1v) is 6.94. The molecule has 1 aliphatic carbocycles. The van der Waals surface area contributed by atoms with Crippen molar-refractivity contribution in [2.24, 2.45) is 11.3 Å². The molecular weight excluding hydrogens is 230 g/mol. The second kappa shape index (κ2) is 6.02. The van der Waals surface area contributed by atoms with Crippen LogP contribution in [-0.4, -0.2) is 34.9 Å². The zero-order chi connectivity index (χ0) is 13.8. The minimum atomic E-state index is -1.67. The van der Waals surface area contributed by atoms with Gasteiger partial charge in [0.25, 0.3) is 0 Å². The maximum Gasteiger partial charge on any atom is 0.336 e. The van der Waals surface area contributed by atoms with Crippen LogP contribution >= 0.6 is 0 Å². The van der Waals surface area contributed by atoms with Gasteiger partial charge in [0.1, 0.15) is 0 Å². The molecule has 3 N–H and O–H groups in total. The van der Waals surface area contributed by atoms with Gasteiger partial charge < -0.3 is 15.5 Å². The first-order valence-electron chi connectivity index (χ1n) is 6.94. The van der Waals surface area contributed by atoms with Crippen LogP contribution in [0, 0.1) is 11.3 Å². The monoisotopic (exact) mass is 257 g/mol. The van der Waals surface area contributed by atoms with E-state index in [1.54, 1.807) is 0 Å². The van der Waals surface area contributed by atoms with E-state index in [4.69, 9.17) is 5.11 Å². The Kier molecular flexibility index (Phi) is 5.17. The summed E-state index contributed by atoms with van der Waals surface area (Å²) in [5, 5.41) is 21.7. The molecule has 1 saturated carbocycles. The average Bonchev–Trinajstić information content (AvgIpc) is 2.65. The maximum absolute atomic E-state index is 10.8. The summed E-state index contributed by atoms with van der Waals surface area (Å²) in [7, 11) is 0. The Labute approximate surface area is 110 Å². The van der Waals surface area contributed by atoms with Crippen molar-refractivity contribution in [1.82, 2.24) is 5.32 Å². The highest BCUT2D eigenvalue weighted by Gasteiger charge is 2.35. The van der Waals surface area contributed by atoms with Crippen LogP contribution in [0.25, 0.3) is 0 Å². The minimum Gasteiger partial charge on any atom is -0.479 e. The molecule has 0 bridgehead atoms. The molecule has 1 rings (SSSR count). The van der Waals surface area contributed by atoms with Crippen molar-refractivity contribution >= 4 is 5.97 Å². The predicted octanol–water partition coefficient (Wildman–Crippen LogP) is 2.02. The number of carboxylic acid groups (broad SMARTS) is 1. The molecule has 1 unspecified atom stereocenters. The number of aliphatic hydroxyl groups is 1. The Bertz CT molecular complexity index is 281. The molecule has 0 aliphatic heterocycles. The zero-order valence-electron chi connectivity index (χ0n) is 11.8. The Hall–Kier alpha value is -0.610. The maximum atomic E-state index is 10.8. The van der Waals surface area contributed by atoms with E-state index in [0.717, 1.165) is 6.54 Å². The van der Waals surface area contributed by atoms with Gasteiger partial charge in [-0.25, -0.2) is 4.79 Å². The molecule has 0 amide bonds. The summed E-state index contributed by atoms with van der Waals surface area (Å²) < 4.78 is 0. The van der Waals surface area contributed by atoms with Crippen LogP contribution in [0.1, 0.15) is 52.9 Å². The first kappa shape index (κ1) is 15.4. The SMILES string of the molecule is CC(C)CC1(CNCC(C)(O)C(=O)O)CCCC1. The summed E-state index contributed by atoms with van der Waals surface area (Å²) in [6, 6.07) is 0. The van der Waals surface area contributed by atoms with Crippen molar-refractivity contribution in [2.75, 3.05) is 13.1 Å². The standard InChI is InChI=1S/C14H27NO3/c1-11(2)8-14(6-4-5-7-14)10-15-9-13(3,18)12(16)17/h11,15,18H,4-10H2,1-3H3,(H,16,17). The third-order valence-electron chi connectivity index (χ3n) is 3.94. The largest absolute Gasteiger partial charge is 0.479 e. The van der Waals surface area contributed by atoms with Crippen LogP contribution in [0.15, 0.2) is 0 Å². The molecule has 0 spiro atoms. The summed E-state index contributed by atoms with van der Waals surface area (Å²) in [6.45, 7) is 6.73. The second-order valence-corrected chi connectivity index (χ2v) is 6.49. The van der Waals surface area contributed by atoms with Crippen molar-refractivity contribution < 1.29 is 15.0 Å². The highest BCUT2D eigenvalue weighted by molar-refractivity contribution is 5.76. The highest BCUT2D eigenvalue weighted by atomic mass is 16.4. The smallest absolute Gasteiger partial charge is 0.336 e. The summed E-state index contributed by atoms with van der Waals surface area (Å²) >= 11 is 0. The van der Waals surface area contributed by atoms with E-state index in [9.17, 15) is 9.90 Å². The lowest BCUT2D eigenvalue weighted by Gasteiger charge is -2.32. The number of carbonyl (C=O) groups is 1. The fourth-order valence-corrected chi connectivity index (χ4v) is 3.09. The fourth-order valence-electron chi connectivity index (χ4n) is 3.09. The number of nitrogens with one attached hydrogen (secondary N) is 1. The minimum absolute atomic E-state index is 0.113. The molecule has 1 atom stereocenters. The van der Waals surface area contributed by atoms with Crippen LogP contribution in [0.3, 0.4) is 0 Å². The lowest BCUT2D eigenvalue weighted by molar-refractivity contribution is -0.156. The molecule has 0 saturated heterocycles. The van der Waals surface area contributed by atoms with Crippen LogP contribution in [0.2, 0.25) is 0 Å². The summed E-state index contributed by atoms with van der Waals surface area (Å²) in [4.78, 5) is 10.8. The van der Waals surface area contributed by atoms with Gasteiger partial charge in [0.2, 0.25) is 0 Å². The van der Waals surface area contributed by atoms with Crippen molar-refractivity contribution in [3.63, 3.8) is 0 Å². The average molecular weight is 257 g/mol. The van der Waals surface area contributed by atoms with E-state index in [1.165, 1.54) is 39.0 Å². The first-order chi connectivity index (χ1) is 8.27. The molecule has 0 heterocycles. The van der Waals surface area contributed by atoms with Gasteiger partial charge in [-0.3, -0.25) is 0 Å². The Morgan fingerprint density at radius 3 is 2.39 bits per heavy atom. The van der Waals surface area contributed by atoms with Crippen LogP contribution in [-0.2, 0) is 4.79 Å². The Morgan fingerprint density at radius 2 is 1.94 bits per heavy atom. The van der Waals surface area contributed by atoms with Gasteiger partial charge in [0.15, 0.2) is 5.60 Å². The topological polar surface area (TPSA) is 69.6 Å². The molecule has 1 aliphatic rings. The van der Waals surface area contributed by atoms with Gasteiger partial charge in [-0.05, 0) is 37.5 Å². The molecule has 0 aromatic heterocycles. The lowest BCUT2D eigenvalue weighted by Crippen LogP contribution is -2.47. The van der Waals surface area contributed by atoms with Crippen molar-refractivity contribution in [1.29, 1.82) is 0 Å². The number of hydrogen-bond donors (Lipinski definition) is 3. The summed E-state index contributed by atoms with van der Waals surface area (Å²) in [5.41, 5.74) is -1.36. The number of carboxylic acids is 1. The van der Waals surface area contributed by atoms with Gasteiger partial charge in [-0.1, -0.05) is 26.7 Å². The quantitative estimate of drug-likeness (QED) is 0.652. The van der Waals surface area contributed by atoms with Crippen molar-refractivity contribution in [3.8, 4) is 0 Å². The zero-order valence-corrected chi connectivity index (χ0v) is 11.8. The molecule has 1 fully saturated rings. The molecule has 4 heteroatoms. The van der Waals surface area contributed by atoms with Gasteiger partial charge >= 0.3 is 5.97 Å². The third-order valence-corrected chi connectivity index (χ3v) is 3.94. The van der Waals surface area contributed by atoms with Gasteiger partial charge in [-0.15, -0.1) is 0 Å².